The number of anilines is 1. The van der Waals surface area contributed by atoms with Gasteiger partial charge in [0.2, 0.25) is 5.91 Å². The second kappa shape index (κ2) is 9.64. The number of phenols is 1. The number of hydrogen-bond acceptors (Lipinski definition) is 5. The molecule has 0 saturated carbocycles. The van der Waals surface area contributed by atoms with E-state index < -0.39 is 6.04 Å². The summed E-state index contributed by atoms with van der Waals surface area (Å²) in [7, 11) is 0. The Bertz CT molecular complexity index is 1110. The number of aryl methyl sites for hydroxylation is 1. The number of amides is 1. The molecule has 1 aliphatic rings. The van der Waals surface area contributed by atoms with Gasteiger partial charge in [-0.3, -0.25) is 9.79 Å². The Balaban J connectivity index is 1.50. The molecular weight excluding hydrogens is 400 g/mol. The van der Waals surface area contributed by atoms with Crippen molar-refractivity contribution in [3.8, 4) is 5.75 Å². The molecule has 2 aromatic carbocycles. The predicted molar refractivity (Wildman–Crippen MR) is 127 cm³/mol. The van der Waals surface area contributed by atoms with E-state index in [2.05, 4.69) is 45.5 Å². The number of nitrogens with one attached hydrogen (secondary N) is 2. The Labute approximate surface area is 188 Å². The van der Waals surface area contributed by atoms with Crippen molar-refractivity contribution in [2.24, 2.45) is 4.99 Å². The van der Waals surface area contributed by atoms with Gasteiger partial charge in [-0.2, -0.15) is 0 Å². The molecule has 0 radical (unpaired) electrons. The largest absolute Gasteiger partial charge is 0.508 e. The number of phenolic OH excluding ortho intramolecular Hbond substituents is 1. The third-order valence-electron chi connectivity index (χ3n) is 5.90. The quantitative estimate of drug-likeness (QED) is 0.497. The molecule has 4 rings (SSSR count). The van der Waals surface area contributed by atoms with Crippen molar-refractivity contribution in [3.05, 3.63) is 88.6 Å². The molecule has 2 atom stereocenters. The van der Waals surface area contributed by atoms with Gasteiger partial charge in [0.1, 0.15) is 17.6 Å². The van der Waals surface area contributed by atoms with E-state index >= 15 is 0 Å². The van der Waals surface area contributed by atoms with Gasteiger partial charge in [0.05, 0.1) is 6.04 Å². The molecule has 0 saturated heterocycles. The first-order valence-electron chi connectivity index (χ1n) is 10.8. The molecule has 32 heavy (non-hydrogen) atoms. The van der Waals surface area contributed by atoms with E-state index in [1.807, 2.05) is 37.4 Å². The Morgan fingerprint density at radius 2 is 2.06 bits per heavy atom. The Kier molecular flexibility index (Phi) is 6.50. The van der Waals surface area contributed by atoms with Crippen molar-refractivity contribution < 1.29 is 9.90 Å². The number of carbonyl (C=O) groups is 1. The summed E-state index contributed by atoms with van der Waals surface area (Å²) in [6.07, 6.45) is 3.90. The van der Waals surface area contributed by atoms with E-state index in [1.54, 1.807) is 12.1 Å². The zero-order valence-electron chi connectivity index (χ0n) is 18.2. The summed E-state index contributed by atoms with van der Waals surface area (Å²) < 4.78 is 0. The highest BCUT2D eigenvalue weighted by atomic mass is 16.3. The summed E-state index contributed by atoms with van der Waals surface area (Å²) in [5.74, 6) is 0.874. The van der Waals surface area contributed by atoms with E-state index in [1.165, 1.54) is 5.56 Å². The van der Waals surface area contributed by atoms with Crippen molar-refractivity contribution >= 4 is 18.4 Å². The average molecular weight is 429 g/mol. The highest BCUT2D eigenvalue weighted by molar-refractivity contribution is 5.83. The van der Waals surface area contributed by atoms with Crippen LogP contribution in [0.5, 0.6) is 5.75 Å². The van der Waals surface area contributed by atoms with Crippen LogP contribution in [-0.2, 0) is 17.6 Å². The van der Waals surface area contributed by atoms with Crippen LogP contribution in [0.25, 0.3) is 0 Å². The number of carbonyl (C=O) groups excluding carboxylic acids is 1. The molecule has 164 valence electrons. The van der Waals surface area contributed by atoms with Crippen molar-refractivity contribution in [1.82, 2.24) is 10.3 Å². The molecule has 3 aromatic rings. The van der Waals surface area contributed by atoms with Gasteiger partial charge in [-0.1, -0.05) is 36.4 Å². The summed E-state index contributed by atoms with van der Waals surface area (Å²) in [6, 6.07) is 16.8. The number of aromatic hydroxyl groups is 1. The Hall–Kier alpha value is -3.67. The molecule has 3 N–H and O–H groups in total. The minimum atomic E-state index is -0.600. The van der Waals surface area contributed by atoms with Gasteiger partial charge < -0.3 is 15.7 Å². The second-order valence-electron chi connectivity index (χ2n) is 8.23. The fourth-order valence-electron chi connectivity index (χ4n) is 4.13. The number of rotatable bonds is 7. The van der Waals surface area contributed by atoms with E-state index in [-0.39, 0.29) is 17.7 Å². The van der Waals surface area contributed by atoms with Crippen LogP contribution in [0.3, 0.4) is 0 Å². The molecule has 1 aromatic heterocycles. The Morgan fingerprint density at radius 3 is 2.81 bits per heavy atom. The summed E-state index contributed by atoms with van der Waals surface area (Å²) in [5.41, 5.74) is 5.22. The number of aliphatic imine (C=N–C) groups is 1. The first-order chi connectivity index (χ1) is 15.5. The molecule has 6 heteroatoms. The van der Waals surface area contributed by atoms with Crippen LogP contribution in [0.1, 0.15) is 40.3 Å². The normalized spacial score (nSPS) is 15.8. The van der Waals surface area contributed by atoms with E-state index in [0.717, 1.165) is 47.5 Å². The van der Waals surface area contributed by atoms with Crippen LogP contribution in [0.4, 0.5) is 5.82 Å². The van der Waals surface area contributed by atoms with Crippen LogP contribution >= 0.6 is 0 Å². The van der Waals surface area contributed by atoms with Gasteiger partial charge in [-0.15, -0.1) is 0 Å². The lowest BCUT2D eigenvalue weighted by molar-refractivity contribution is -0.123. The van der Waals surface area contributed by atoms with Crippen LogP contribution < -0.4 is 10.6 Å². The van der Waals surface area contributed by atoms with Crippen molar-refractivity contribution in [2.75, 3.05) is 11.9 Å². The van der Waals surface area contributed by atoms with Gasteiger partial charge >= 0.3 is 0 Å². The molecule has 6 nitrogen and oxygen atoms in total. The number of hydrogen-bond donors (Lipinski definition) is 3. The maximum absolute atomic E-state index is 13.1. The SMILES string of the molecule is C=NC(Cc1ccc(O)cc1C)C(=O)NC1CCNc2ncc(Cc3ccccc3)cc21. The van der Waals surface area contributed by atoms with Gasteiger partial charge in [0.15, 0.2) is 0 Å². The summed E-state index contributed by atoms with van der Waals surface area (Å²) in [5, 5.41) is 16.1. The molecule has 0 bridgehead atoms. The zero-order valence-corrected chi connectivity index (χ0v) is 18.2. The summed E-state index contributed by atoms with van der Waals surface area (Å²) >= 11 is 0. The van der Waals surface area contributed by atoms with Crippen LogP contribution in [-0.4, -0.2) is 35.3 Å². The maximum atomic E-state index is 13.1. The molecule has 1 amide bonds. The minimum Gasteiger partial charge on any atom is -0.508 e. The molecule has 2 unspecified atom stereocenters. The van der Waals surface area contributed by atoms with E-state index in [9.17, 15) is 9.90 Å². The summed E-state index contributed by atoms with van der Waals surface area (Å²) in [6.45, 7) is 6.29. The van der Waals surface area contributed by atoms with E-state index in [0.29, 0.717) is 6.42 Å². The molecule has 0 fully saturated rings. The topological polar surface area (TPSA) is 86.6 Å². The Morgan fingerprint density at radius 1 is 1.25 bits per heavy atom. The maximum Gasteiger partial charge on any atom is 0.245 e. The number of fused-ring (bicyclic) bond motifs is 1. The molecule has 0 aliphatic carbocycles. The molecular formula is C26H28N4O2. The highest BCUT2D eigenvalue weighted by Crippen LogP contribution is 2.30. The van der Waals surface area contributed by atoms with Crippen molar-refractivity contribution in [1.29, 1.82) is 0 Å². The molecule has 1 aliphatic heterocycles. The smallest absolute Gasteiger partial charge is 0.245 e. The number of pyridine rings is 1. The number of benzene rings is 2. The van der Waals surface area contributed by atoms with Gasteiger partial charge in [0.25, 0.3) is 0 Å². The molecule has 0 spiro atoms. The van der Waals surface area contributed by atoms with E-state index in [4.69, 9.17) is 0 Å². The molecule has 2 heterocycles. The van der Waals surface area contributed by atoms with Crippen LogP contribution in [0.15, 0.2) is 65.8 Å². The van der Waals surface area contributed by atoms with Crippen LogP contribution in [0.2, 0.25) is 0 Å². The highest BCUT2D eigenvalue weighted by Gasteiger charge is 2.26. The van der Waals surface area contributed by atoms with Crippen LogP contribution in [0, 0.1) is 6.92 Å². The predicted octanol–water partition coefficient (Wildman–Crippen LogP) is 3.97. The fraction of sp³-hybridized carbons (Fsp3) is 0.269. The van der Waals surface area contributed by atoms with Crippen molar-refractivity contribution in [2.45, 2.75) is 38.3 Å². The summed E-state index contributed by atoms with van der Waals surface area (Å²) in [4.78, 5) is 21.8. The standard InChI is InChI=1S/C26H28N4O2/c1-17-12-21(31)9-8-20(17)15-24(27-2)26(32)30-23-10-11-28-25-22(23)14-19(16-29-25)13-18-6-4-3-5-7-18/h3-9,12,14,16,23-24,31H,2,10-11,13,15H2,1H3,(H,28,29)(H,30,32). The third-order valence-corrected chi connectivity index (χ3v) is 5.90. The zero-order chi connectivity index (χ0) is 22.5. The van der Waals surface area contributed by atoms with Gasteiger partial charge in [-0.25, -0.2) is 4.98 Å². The lowest BCUT2D eigenvalue weighted by Crippen LogP contribution is -2.39. The van der Waals surface area contributed by atoms with Crippen molar-refractivity contribution in [3.63, 3.8) is 0 Å². The minimum absolute atomic E-state index is 0.132. The average Bonchev–Trinajstić information content (AvgIpc) is 2.79. The van der Waals surface area contributed by atoms with Gasteiger partial charge in [0, 0.05) is 24.7 Å². The fourth-order valence-corrected chi connectivity index (χ4v) is 4.13. The first kappa shape index (κ1) is 21.6. The lowest BCUT2D eigenvalue weighted by atomic mass is 9.96. The first-order valence-corrected chi connectivity index (χ1v) is 10.8. The number of aromatic nitrogens is 1. The van der Waals surface area contributed by atoms with Gasteiger partial charge in [-0.05, 0) is 66.9 Å². The monoisotopic (exact) mass is 428 g/mol. The number of nitrogens with zero attached hydrogens (tertiary/aromatic N) is 2. The lowest BCUT2D eigenvalue weighted by Gasteiger charge is -2.28. The second-order valence-corrected chi connectivity index (χ2v) is 8.23. The third kappa shape index (κ3) is 4.97.